The van der Waals surface area contributed by atoms with E-state index in [1.54, 1.807) is 11.8 Å². The van der Waals surface area contributed by atoms with Crippen molar-refractivity contribution in [3.8, 4) is 0 Å². The largest absolute Gasteiger partial charge is 0.480 e. The quantitative estimate of drug-likeness (QED) is 0.506. The highest BCUT2D eigenvalue weighted by atomic mass is 32.2. The van der Waals surface area contributed by atoms with Gasteiger partial charge in [-0.15, -0.1) is 0 Å². The lowest BCUT2D eigenvalue weighted by atomic mass is 10.2. The number of rotatable bonds is 9. The normalized spacial score (nSPS) is 11.8. The maximum atomic E-state index is 11.6. The van der Waals surface area contributed by atoms with Gasteiger partial charge in [0.05, 0.1) is 6.33 Å². The van der Waals surface area contributed by atoms with Crippen molar-refractivity contribution in [3.05, 3.63) is 18.2 Å². The van der Waals surface area contributed by atoms with Crippen LogP contribution in [-0.4, -0.2) is 51.7 Å². The summed E-state index contributed by atoms with van der Waals surface area (Å²) < 4.78 is 0. The standard InChI is InChI=1S/C12H20N4O3S/c1-20-5-3-2-4-14-12(19)16-10(11(17)18)6-9-7-13-8-15-9/h7-8,10H,2-6H2,1H3,(H,13,15)(H,17,18)(H2,14,16,19). The summed E-state index contributed by atoms with van der Waals surface area (Å²) in [7, 11) is 0. The Kier molecular flexibility index (Phi) is 7.56. The lowest BCUT2D eigenvalue weighted by molar-refractivity contribution is -0.139. The fraction of sp³-hybridized carbons (Fsp3) is 0.583. The fourth-order valence-corrected chi connectivity index (χ4v) is 2.09. The second-order valence-electron chi connectivity index (χ2n) is 4.27. The highest BCUT2D eigenvalue weighted by Crippen LogP contribution is 1.99. The van der Waals surface area contributed by atoms with Crippen molar-refractivity contribution in [2.45, 2.75) is 25.3 Å². The highest BCUT2D eigenvalue weighted by Gasteiger charge is 2.20. The number of hydrogen-bond donors (Lipinski definition) is 4. The molecule has 1 atom stereocenters. The minimum atomic E-state index is -1.07. The van der Waals surface area contributed by atoms with E-state index in [-0.39, 0.29) is 6.42 Å². The molecule has 1 aromatic rings. The molecule has 112 valence electrons. The number of carbonyl (C=O) groups is 2. The number of carboxylic acids is 1. The van der Waals surface area contributed by atoms with Gasteiger partial charge in [0.25, 0.3) is 0 Å². The Bertz CT molecular complexity index is 411. The molecule has 0 spiro atoms. The monoisotopic (exact) mass is 300 g/mol. The number of aromatic nitrogens is 2. The fourth-order valence-electron chi connectivity index (χ4n) is 1.60. The van der Waals surface area contributed by atoms with Gasteiger partial charge in [-0.25, -0.2) is 14.6 Å². The second-order valence-corrected chi connectivity index (χ2v) is 5.26. The van der Waals surface area contributed by atoms with Crippen LogP contribution in [0.25, 0.3) is 0 Å². The molecule has 1 aromatic heterocycles. The average molecular weight is 300 g/mol. The molecule has 0 aliphatic heterocycles. The van der Waals surface area contributed by atoms with E-state index in [4.69, 9.17) is 5.11 Å². The molecule has 0 saturated carbocycles. The Morgan fingerprint density at radius 1 is 1.50 bits per heavy atom. The van der Waals surface area contributed by atoms with Gasteiger partial charge in [0.2, 0.25) is 0 Å². The molecule has 7 nitrogen and oxygen atoms in total. The van der Waals surface area contributed by atoms with Crippen molar-refractivity contribution in [1.29, 1.82) is 0 Å². The van der Waals surface area contributed by atoms with E-state index in [1.165, 1.54) is 12.5 Å². The third-order valence-corrected chi connectivity index (χ3v) is 3.34. The number of amides is 2. The Morgan fingerprint density at radius 3 is 2.90 bits per heavy atom. The Balaban J connectivity index is 2.30. The van der Waals surface area contributed by atoms with E-state index in [9.17, 15) is 9.59 Å². The summed E-state index contributed by atoms with van der Waals surface area (Å²) in [6.45, 7) is 0.544. The zero-order valence-electron chi connectivity index (χ0n) is 11.4. The number of thioether (sulfide) groups is 1. The topological polar surface area (TPSA) is 107 Å². The zero-order chi connectivity index (χ0) is 14.8. The van der Waals surface area contributed by atoms with E-state index in [0.29, 0.717) is 12.2 Å². The maximum Gasteiger partial charge on any atom is 0.326 e. The van der Waals surface area contributed by atoms with E-state index in [2.05, 4.69) is 20.6 Å². The summed E-state index contributed by atoms with van der Waals surface area (Å²) in [5.41, 5.74) is 0.665. The number of nitrogens with zero attached hydrogens (tertiary/aromatic N) is 1. The van der Waals surface area contributed by atoms with Crippen LogP contribution in [0.5, 0.6) is 0 Å². The van der Waals surface area contributed by atoms with E-state index in [0.717, 1.165) is 18.6 Å². The number of H-pyrrole nitrogens is 1. The minimum absolute atomic E-state index is 0.176. The molecular weight excluding hydrogens is 280 g/mol. The Labute approximate surface area is 121 Å². The van der Waals surface area contributed by atoms with Crippen LogP contribution in [0.4, 0.5) is 4.79 Å². The lowest BCUT2D eigenvalue weighted by Gasteiger charge is -2.14. The van der Waals surface area contributed by atoms with Gasteiger partial charge < -0.3 is 20.7 Å². The number of nitrogens with one attached hydrogen (secondary N) is 3. The van der Waals surface area contributed by atoms with Crippen molar-refractivity contribution in [1.82, 2.24) is 20.6 Å². The van der Waals surface area contributed by atoms with Crippen molar-refractivity contribution in [2.75, 3.05) is 18.6 Å². The van der Waals surface area contributed by atoms with Crippen LogP contribution in [0.15, 0.2) is 12.5 Å². The number of hydrogen-bond acceptors (Lipinski definition) is 4. The van der Waals surface area contributed by atoms with Crippen LogP contribution in [-0.2, 0) is 11.2 Å². The molecule has 0 aliphatic rings. The van der Waals surface area contributed by atoms with Gasteiger partial charge in [-0.1, -0.05) is 0 Å². The van der Waals surface area contributed by atoms with Crippen LogP contribution in [0.2, 0.25) is 0 Å². The average Bonchev–Trinajstić information content (AvgIpc) is 2.90. The molecule has 2 amide bonds. The molecule has 0 radical (unpaired) electrons. The van der Waals surface area contributed by atoms with Crippen molar-refractivity contribution < 1.29 is 14.7 Å². The van der Waals surface area contributed by atoms with Crippen LogP contribution >= 0.6 is 11.8 Å². The van der Waals surface area contributed by atoms with Gasteiger partial charge in [0.15, 0.2) is 0 Å². The van der Waals surface area contributed by atoms with Gasteiger partial charge >= 0.3 is 12.0 Å². The lowest BCUT2D eigenvalue weighted by Crippen LogP contribution is -2.47. The first kappa shape index (κ1) is 16.4. The predicted octanol–water partition coefficient (Wildman–Crippen LogP) is 0.848. The van der Waals surface area contributed by atoms with Gasteiger partial charge in [0.1, 0.15) is 6.04 Å². The van der Waals surface area contributed by atoms with E-state index < -0.39 is 18.0 Å². The molecule has 4 N–H and O–H groups in total. The molecule has 1 unspecified atom stereocenters. The van der Waals surface area contributed by atoms with E-state index in [1.807, 2.05) is 6.26 Å². The zero-order valence-corrected chi connectivity index (χ0v) is 12.2. The Hall–Kier alpha value is -1.70. The van der Waals surface area contributed by atoms with E-state index >= 15 is 0 Å². The first-order chi connectivity index (χ1) is 9.63. The third kappa shape index (κ3) is 6.46. The van der Waals surface area contributed by atoms with Crippen LogP contribution in [0.3, 0.4) is 0 Å². The Morgan fingerprint density at radius 2 is 2.30 bits per heavy atom. The first-order valence-corrected chi connectivity index (χ1v) is 7.76. The summed E-state index contributed by atoms with van der Waals surface area (Å²) >= 11 is 1.76. The van der Waals surface area contributed by atoms with Gasteiger partial charge in [0, 0.05) is 24.9 Å². The number of carboxylic acid groups (broad SMARTS) is 1. The SMILES string of the molecule is CSCCCCNC(=O)NC(Cc1cnc[nH]1)C(=O)O. The molecular formula is C12H20N4O3S. The molecule has 8 heteroatoms. The third-order valence-electron chi connectivity index (χ3n) is 2.64. The smallest absolute Gasteiger partial charge is 0.326 e. The molecule has 20 heavy (non-hydrogen) atoms. The number of urea groups is 1. The summed E-state index contributed by atoms with van der Waals surface area (Å²) in [6, 6.07) is -1.43. The van der Waals surface area contributed by atoms with Crippen LogP contribution in [0, 0.1) is 0 Å². The number of imidazole rings is 1. The summed E-state index contributed by atoms with van der Waals surface area (Å²) in [4.78, 5) is 29.3. The maximum absolute atomic E-state index is 11.6. The van der Waals surface area contributed by atoms with Gasteiger partial charge in [-0.05, 0) is 24.9 Å². The van der Waals surface area contributed by atoms with Crippen LogP contribution in [0.1, 0.15) is 18.5 Å². The number of aliphatic carboxylic acids is 1. The molecule has 0 bridgehead atoms. The minimum Gasteiger partial charge on any atom is -0.480 e. The van der Waals surface area contributed by atoms with Crippen molar-refractivity contribution in [3.63, 3.8) is 0 Å². The predicted molar refractivity (Wildman–Crippen MR) is 77.9 cm³/mol. The number of unbranched alkanes of at least 4 members (excludes halogenated alkanes) is 1. The van der Waals surface area contributed by atoms with Crippen molar-refractivity contribution in [2.24, 2.45) is 0 Å². The molecule has 0 aliphatic carbocycles. The molecule has 1 heterocycles. The summed E-state index contributed by atoms with van der Waals surface area (Å²) in [6.07, 6.45) is 7.13. The summed E-state index contributed by atoms with van der Waals surface area (Å²) in [5, 5.41) is 14.2. The van der Waals surface area contributed by atoms with Crippen LogP contribution < -0.4 is 10.6 Å². The number of carbonyl (C=O) groups excluding carboxylic acids is 1. The molecule has 0 fully saturated rings. The molecule has 0 aromatic carbocycles. The molecule has 1 rings (SSSR count). The van der Waals surface area contributed by atoms with Crippen molar-refractivity contribution >= 4 is 23.8 Å². The second kappa shape index (κ2) is 9.24. The summed E-state index contributed by atoms with van der Waals surface area (Å²) in [5.74, 6) is -0.0157. The highest BCUT2D eigenvalue weighted by molar-refractivity contribution is 7.98. The first-order valence-electron chi connectivity index (χ1n) is 6.37. The van der Waals surface area contributed by atoms with Gasteiger partial charge in [-0.3, -0.25) is 0 Å². The van der Waals surface area contributed by atoms with Gasteiger partial charge in [-0.2, -0.15) is 11.8 Å². The number of aromatic amines is 1. The molecule has 0 saturated heterocycles.